The molecule has 0 atom stereocenters. The van der Waals surface area contributed by atoms with Crippen molar-refractivity contribution >= 4 is 5.97 Å². The standard InChI is InChI=1S/C13H18O3/c1-6-16-13(14)11-9(3)7-8(2)10(4)12(11)15-5/h7H,6H2,1-5H3. The Bertz CT molecular complexity index is 408. The highest BCUT2D eigenvalue weighted by Gasteiger charge is 2.19. The molecule has 0 heterocycles. The van der Waals surface area contributed by atoms with Crippen LogP contribution in [0.5, 0.6) is 5.75 Å². The molecule has 1 aromatic carbocycles. The van der Waals surface area contributed by atoms with E-state index in [0.29, 0.717) is 17.9 Å². The van der Waals surface area contributed by atoms with Gasteiger partial charge in [0.1, 0.15) is 11.3 Å². The SMILES string of the molecule is CCOC(=O)c1c(C)cc(C)c(C)c1OC. The number of benzene rings is 1. The van der Waals surface area contributed by atoms with Gasteiger partial charge in [0.25, 0.3) is 0 Å². The van der Waals surface area contributed by atoms with Gasteiger partial charge in [0.2, 0.25) is 0 Å². The van der Waals surface area contributed by atoms with Crippen LogP contribution in [0.1, 0.15) is 34.0 Å². The molecule has 0 spiro atoms. The van der Waals surface area contributed by atoms with Crippen molar-refractivity contribution in [3.63, 3.8) is 0 Å². The first-order valence-corrected chi connectivity index (χ1v) is 5.34. The quantitative estimate of drug-likeness (QED) is 0.738. The third kappa shape index (κ3) is 2.18. The molecule has 0 saturated carbocycles. The Balaban J connectivity index is 3.36. The molecule has 0 bridgehead atoms. The summed E-state index contributed by atoms with van der Waals surface area (Å²) in [5.74, 6) is 0.302. The normalized spacial score (nSPS) is 10.1. The van der Waals surface area contributed by atoms with Crippen molar-refractivity contribution in [1.82, 2.24) is 0 Å². The molecule has 1 aromatic rings. The van der Waals surface area contributed by atoms with E-state index >= 15 is 0 Å². The minimum absolute atomic E-state index is 0.319. The van der Waals surface area contributed by atoms with Crippen LogP contribution in [0.2, 0.25) is 0 Å². The van der Waals surface area contributed by atoms with E-state index in [4.69, 9.17) is 9.47 Å². The van der Waals surface area contributed by atoms with Crippen molar-refractivity contribution in [2.75, 3.05) is 13.7 Å². The molecule has 0 aliphatic carbocycles. The molecule has 0 aliphatic rings. The van der Waals surface area contributed by atoms with Gasteiger partial charge in [-0.2, -0.15) is 0 Å². The van der Waals surface area contributed by atoms with Crippen LogP contribution < -0.4 is 4.74 Å². The number of esters is 1. The lowest BCUT2D eigenvalue weighted by Gasteiger charge is -2.15. The molecule has 1 rings (SSSR count). The first-order chi connectivity index (χ1) is 7.52. The van der Waals surface area contributed by atoms with E-state index < -0.39 is 0 Å². The smallest absolute Gasteiger partial charge is 0.342 e. The summed E-state index contributed by atoms with van der Waals surface area (Å²) < 4.78 is 10.3. The Morgan fingerprint density at radius 2 is 1.88 bits per heavy atom. The lowest BCUT2D eigenvalue weighted by atomic mass is 9.99. The predicted octanol–water partition coefficient (Wildman–Crippen LogP) is 2.80. The zero-order valence-electron chi connectivity index (χ0n) is 10.5. The van der Waals surface area contributed by atoms with Crippen molar-refractivity contribution in [2.45, 2.75) is 27.7 Å². The average Bonchev–Trinajstić information content (AvgIpc) is 2.23. The molecule has 16 heavy (non-hydrogen) atoms. The van der Waals surface area contributed by atoms with Crippen molar-refractivity contribution in [3.05, 3.63) is 28.3 Å². The van der Waals surface area contributed by atoms with Crippen molar-refractivity contribution < 1.29 is 14.3 Å². The van der Waals surface area contributed by atoms with E-state index in [2.05, 4.69) is 0 Å². The fourth-order valence-corrected chi connectivity index (χ4v) is 1.76. The Morgan fingerprint density at radius 1 is 1.25 bits per heavy atom. The lowest BCUT2D eigenvalue weighted by Crippen LogP contribution is -2.10. The van der Waals surface area contributed by atoms with E-state index in [1.807, 2.05) is 26.8 Å². The van der Waals surface area contributed by atoms with E-state index in [0.717, 1.165) is 16.7 Å². The highest BCUT2D eigenvalue weighted by Crippen LogP contribution is 2.29. The van der Waals surface area contributed by atoms with Gasteiger partial charge in [-0.05, 0) is 44.4 Å². The first kappa shape index (κ1) is 12.6. The number of hydrogen-bond donors (Lipinski definition) is 0. The lowest BCUT2D eigenvalue weighted by molar-refractivity contribution is 0.0521. The summed E-state index contributed by atoms with van der Waals surface area (Å²) in [7, 11) is 1.57. The summed E-state index contributed by atoms with van der Waals surface area (Å²) in [6, 6.07) is 1.98. The average molecular weight is 222 g/mol. The van der Waals surface area contributed by atoms with Crippen LogP contribution >= 0.6 is 0 Å². The number of rotatable bonds is 3. The van der Waals surface area contributed by atoms with Crippen LogP contribution in [0.25, 0.3) is 0 Å². The van der Waals surface area contributed by atoms with Crippen molar-refractivity contribution in [2.24, 2.45) is 0 Å². The fourth-order valence-electron chi connectivity index (χ4n) is 1.76. The van der Waals surface area contributed by atoms with Crippen LogP contribution in [0.4, 0.5) is 0 Å². The molecule has 88 valence electrons. The van der Waals surface area contributed by atoms with Gasteiger partial charge in [-0.25, -0.2) is 4.79 Å². The highest BCUT2D eigenvalue weighted by atomic mass is 16.5. The Kier molecular flexibility index (Phi) is 3.93. The maximum atomic E-state index is 11.8. The molecular formula is C13H18O3. The summed E-state index contributed by atoms with van der Waals surface area (Å²) >= 11 is 0. The summed E-state index contributed by atoms with van der Waals surface area (Å²) in [4.78, 5) is 11.8. The molecule has 0 amide bonds. The van der Waals surface area contributed by atoms with Gasteiger partial charge in [-0.15, -0.1) is 0 Å². The Morgan fingerprint density at radius 3 is 2.38 bits per heavy atom. The number of aryl methyl sites for hydroxylation is 2. The second kappa shape index (κ2) is 5.01. The molecule has 0 fully saturated rings. The summed E-state index contributed by atoms with van der Waals surface area (Å²) in [6.45, 7) is 7.99. The van der Waals surface area contributed by atoms with Crippen molar-refractivity contribution in [3.8, 4) is 5.75 Å². The Labute approximate surface area is 96.4 Å². The monoisotopic (exact) mass is 222 g/mol. The molecular weight excluding hydrogens is 204 g/mol. The highest BCUT2D eigenvalue weighted by molar-refractivity contribution is 5.95. The number of carbonyl (C=O) groups excluding carboxylic acids is 1. The number of methoxy groups -OCH3 is 1. The second-order valence-electron chi connectivity index (χ2n) is 3.76. The molecule has 0 saturated heterocycles. The maximum absolute atomic E-state index is 11.8. The van der Waals surface area contributed by atoms with E-state index in [-0.39, 0.29) is 5.97 Å². The van der Waals surface area contributed by atoms with Gasteiger partial charge in [-0.1, -0.05) is 6.07 Å². The summed E-state index contributed by atoms with van der Waals surface area (Å²) in [5.41, 5.74) is 3.52. The summed E-state index contributed by atoms with van der Waals surface area (Å²) in [5, 5.41) is 0. The minimum atomic E-state index is -0.319. The van der Waals surface area contributed by atoms with Crippen LogP contribution in [0.3, 0.4) is 0 Å². The number of ether oxygens (including phenoxy) is 2. The van der Waals surface area contributed by atoms with Gasteiger partial charge < -0.3 is 9.47 Å². The van der Waals surface area contributed by atoms with Crippen molar-refractivity contribution in [1.29, 1.82) is 0 Å². The third-order valence-electron chi connectivity index (χ3n) is 2.67. The largest absolute Gasteiger partial charge is 0.496 e. The molecule has 0 unspecified atom stereocenters. The molecule has 0 radical (unpaired) electrons. The van der Waals surface area contributed by atoms with Crippen LogP contribution in [-0.2, 0) is 4.74 Å². The summed E-state index contributed by atoms with van der Waals surface area (Å²) in [6.07, 6.45) is 0. The fraction of sp³-hybridized carbons (Fsp3) is 0.462. The van der Waals surface area contributed by atoms with Gasteiger partial charge in [0, 0.05) is 0 Å². The zero-order chi connectivity index (χ0) is 12.3. The van der Waals surface area contributed by atoms with Crippen LogP contribution in [0.15, 0.2) is 6.07 Å². The van der Waals surface area contributed by atoms with Gasteiger partial charge in [-0.3, -0.25) is 0 Å². The first-order valence-electron chi connectivity index (χ1n) is 5.34. The minimum Gasteiger partial charge on any atom is -0.496 e. The number of carbonyl (C=O) groups is 1. The predicted molar refractivity (Wildman–Crippen MR) is 63.2 cm³/mol. The van der Waals surface area contributed by atoms with Crippen LogP contribution in [0, 0.1) is 20.8 Å². The molecule has 3 nitrogen and oxygen atoms in total. The number of hydrogen-bond acceptors (Lipinski definition) is 3. The van der Waals surface area contributed by atoms with Gasteiger partial charge >= 0.3 is 5.97 Å². The Hall–Kier alpha value is -1.51. The maximum Gasteiger partial charge on any atom is 0.342 e. The zero-order valence-corrected chi connectivity index (χ0v) is 10.5. The van der Waals surface area contributed by atoms with E-state index in [1.54, 1.807) is 14.0 Å². The second-order valence-corrected chi connectivity index (χ2v) is 3.76. The van der Waals surface area contributed by atoms with Crippen LogP contribution in [-0.4, -0.2) is 19.7 Å². The van der Waals surface area contributed by atoms with Gasteiger partial charge in [0.05, 0.1) is 13.7 Å². The third-order valence-corrected chi connectivity index (χ3v) is 2.67. The molecule has 0 aromatic heterocycles. The van der Waals surface area contributed by atoms with E-state index in [1.165, 1.54) is 0 Å². The van der Waals surface area contributed by atoms with E-state index in [9.17, 15) is 4.79 Å². The van der Waals surface area contributed by atoms with Gasteiger partial charge in [0.15, 0.2) is 0 Å². The molecule has 0 N–H and O–H groups in total. The topological polar surface area (TPSA) is 35.5 Å². The molecule has 3 heteroatoms. The molecule has 0 aliphatic heterocycles.